The molecule has 6 nitrogen and oxygen atoms in total. The van der Waals surface area contributed by atoms with E-state index in [0.29, 0.717) is 31.0 Å². The monoisotopic (exact) mass is 461 g/mol. The fraction of sp³-hybridized carbons (Fsp3) is 0.296. The number of nitrogens with zero attached hydrogens (tertiary/aromatic N) is 2. The molecule has 1 fully saturated rings. The van der Waals surface area contributed by atoms with Gasteiger partial charge in [0.25, 0.3) is 5.91 Å². The Bertz CT molecular complexity index is 1120. The van der Waals surface area contributed by atoms with E-state index in [1.807, 2.05) is 49.4 Å². The van der Waals surface area contributed by atoms with Crippen LogP contribution in [-0.2, 0) is 11.4 Å². The summed E-state index contributed by atoms with van der Waals surface area (Å²) >= 11 is 0. The topological polar surface area (TPSA) is 71.5 Å². The predicted octanol–water partition coefficient (Wildman–Crippen LogP) is 4.53. The number of amides is 2. The Morgan fingerprint density at radius 3 is 2.74 bits per heavy atom. The largest absolute Gasteiger partial charge is 0.487 e. The van der Waals surface area contributed by atoms with E-state index in [1.165, 1.54) is 24.3 Å². The molecule has 7 heteroatoms. The zero-order valence-corrected chi connectivity index (χ0v) is 19.1. The SMILES string of the molecule is CC(NC(=O)C1CCCN(C(=O)c2ccc(F)cc2)C1)c1cccc(OCc2ccccn2)c1. The highest BCUT2D eigenvalue weighted by Gasteiger charge is 2.29. The first-order chi connectivity index (χ1) is 16.5. The number of nitrogens with one attached hydrogen (secondary N) is 1. The number of hydrogen-bond donors (Lipinski definition) is 1. The molecule has 1 N–H and O–H groups in total. The molecule has 1 saturated heterocycles. The van der Waals surface area contributed by atoms with Crippen LogP contribution in [0.25, 0.3) is 0 Å². The van der Waals surface area contributed by atoms with Crippen molar-refractivity contribution in [2.45, 2.75) is 32.4 Å². The maximum atomic E-state index is 13.2. The van der Waals surface area contributed by atoms with E-state index in [1.54, 1.807) is 11.1 Å². The minimum atomic E-state index is -0.382. The second-order valence-electron chi connectivity index (χ2n) is 8.51. The average Bonchev–Trinajstić information content (AvgIpc) is 2.88. The molecule has 1 aromatic heterocycles. The summed E-state index contributed by atoms with van der Waals surface area (Å²) in [5, 5.41) is 3.08. The van der Waals surface area contributed by atoms with Gasteiger partial charge in [-0.3, -0.25) is 14.6 Å². The van der Waals surface area contributed by atoms with E-state index >= 15 is 0 Å². The van der Waals surface area contributed by atoms with E-state index in [9.17, 15) is 14.0 Å². The van der Waals surface area contributed by atoms with E-state index in [0.717, 1.165) is 24.1 Å². The van der Waals surface area contributed by atoms with Crippen LogP contribution in [0.1, 0.15) is 47.4 Å². The molecule has 1 aliphatic rings. The molecular weight excluding hydrogens is 433 g/mol. The molecule has 1 aliphatic heterocycles. The van der Waals surface area contributed by atoms with Crippen molar-refractivity contribution in [3.8, 4) is 5.75 Å². The van der Waals surface area contributed by atoms with Gasteiger partial charge in [0.15, 0.2) is 0 Å². The minimum absolute atomic E-state index is 0.0797. The summed E-state index contributed by atoms with van der Waals surface area (Å²) in [4.78, 5) is 31.7. The average molecular weight is 462 g/mol. The van der Waals surface area contributed by atoms with Gasteiger partial charge < -0.3 is 15.0 Å². The zero-order chi connectivity index (χ0) is 23.9. The number of halogens is 1. The molecule has 2 aromatic carbocycles. The Balaban J connectivity index is 1.33. The van der Waals surface area contributed by atoms with Crippen LogP contribution in [0.4, 0.5) is 4.39 Å². The van der Waals surface area contributed by atoms with E-state index in [2.05, 4.69) is 10.3 Å². The number of piperidine rings is 1. The van der Waals surface area contributed by atoms with Gasteiger partial charge in [0, 0.05) is 24.8 Å². The number of likely N-dealkylation sites (tertiary alicyclic amines) is 1. The smallest absolute Gasteiger partial charge is 0.253 e. The summed E-state index contributed by atoms with van der Waals surface area (Å²) in [6, 6.07) is 18.6. The third-order valence-electron chi connectivity index (χ3n) is 6.00. The van der Waals surface area contributed by atoms with Crippen molar-refractivity contribution < 1.29 is 18.7 Å². The van der Waals surface area contributed by atoms with Crippen molar-refractivity contribution in [1.29, 1.82) is 0 Å². The van der Waals surface area contributed by atoms with Crippen LogP contribution in [0.2, 0.25) is 0 Å². The number of pyridine rings is 1. The number of hydrogen-bond acceptors (Lipinski definition) is 4. The highest BCUT2D eigenvalue weighted by Crippen LogP contribution is 2.23. The van der Waals surface area contributed by atoms with Crippen LogP contribution in [0.5, 0.6) is 5.75 Å². The molecule has 2 amide bonds. The van der Waals surface area contributed by atoms with E-state index in [-0.39, 0.29) is 29.6 Å². The van der Waals surface area contributed by atoms with Crippen LogP contribution in [-0.4, -0.2) is 34.8 Å². The number of rotatable bonds is 7. The summed E-state index contributed by atoms with van der Waals surface area (Å²) < 4.78 is 19.0. The summed E-state index contributed by atoms with van der Waals surface area (Å²) in [7, 11) is 0. The van der Waals surface area contributed by atoms with Crippen LogP contribution in [0.3, 0.4) is 0 Å². The predicted molar refractivity (Wildman–Crippen MR) is 127 cm³/mol. The van der Waals surface area contributed by atoms with Crippen LogP contribution < -0.4 is 10.1 Å². The lowest BCUT2D eigenvalue weighted by molar-refractivity contribution is -0.127. The highest BCUT2D eigenvalue weighted by atomic mass is 19.1. The summed E-state index contributed by atoms with van der Waals surface area (Å²) in [6.45, 7) is 3.23. The summed E-state index contributed by atoms with van der Waals surface area (Å²) in [5.41, 5.74) is 2.20. The molecule has 34 heavy (non-hydrogen) atoms. The van der Waals surface area contributed by atoms with Gasteiger partial charge in [-0.15, -0.1) is 0 Å². The molecule has 176 valence electrons. The van der Waals surface area contributed by atoms with Crippen LogP contribution >= 0.6 is 0 Å². The van der Waals surface area contributed by atoms with Crippen LogP contribution in [0, 0.1) is 11.7 Å². The zero-order valence-electron chi connectivity index (χ0n) is 19.1. The van der Waals surface area contributed by atoms with Gasteiger partial charge in [0.1, 0.15) is 18.2 Å². The fourth-order valence-electron chi connectivity index (χ4n) is 4.08. The molecule has 3 aromatic rings. The molecule has 0 radical (unpaired) electrons. The number of aromatic nitrogens is 1. The maximum Gasteiger partial charge on any atom is 0.253 e. The molecule has 2 atom stereocenters. The van der Waals surface area contributed by atoms with Crippen molar-refractivity contribution >= 4 is 11.8 Å². The lowest BCUT2D eigenvalue weighted by Gasteiger charge is -2.32. The van der Waals surface area contributed by atoms with Gasteiger partial charge in [-0.2, -0.15) is 0 Å². The van der Waals surface area contributed by atoms with Gasteiger partial charge in [-0.05, 0) is 73.9 Å². The Morgan fingerprint density at radius 2 is 1.97 bits per heavy atom. The first-order valence-corrected chi connectivity index (χ1v) is 11.5. The minimum Gasteiger partial charge on any atom is -0.487 e. The quantitative estimate of drug-likeness (QED) is 0.561. The Hall–Kier alpha value is -3.74. The van der Waals surface area contributed by atoms with Crippen molar-refractivity contribution in [2.24, 2.45) is 5.92 Å². The fourth-order valence-corrected chi connectivity index (χ4v) is 4.08. The molecule has 2 heterocycles. The lowest BCUT2D eigenvalue weighted by atomic mass is 9.95. The Kier molecular flexibility index (Phi) is 7.52. The molecular formula is C27H28FN3O3. The van der Waals surface area contributed by atoms with Crippen molar-refractivity contribution in [2.75, 3.05) is 13.1 Å². The van der Waals surface area contributed by atoms with Gasteiger partial charge in [-0.1, -0.05) is 18.2 Å². The van der Waals surface area contributed by atoms with Crippen LogP contribution in [0.15, 0.2) is 72.9 Å². The number of benzene rings is 2. The van der Waals surface area contributed by atoms with Crippen molar-refractivity contribution in [3.05, 3.63) is 95.6 Å². The summed E-state index contributed by atoms with van der Waals surface area (Å²) in [6.07, 6.45) is 3.20. The number of carbonyl (C=O) groups excluding carboxylic acids is 2. The Morgan fingerprint density at radius 1 is 1.15 bits per heavy atom. The molecule has 0 aliphatic carbocycles. The second kappa shape index (κ2) is 10.9. The first-order valence-electron chi connectivity index (χ1n) is 11.5. The third kappa shape index (κ3) is 5.98. The molecule has 0 bridgehead atoms. The van der Waals surface area contributed by atoms with Gasteiger partial charge >= 0.3 is 0 Å². The normalized spacial score (nSPS) is 16.5. The van der Waals surface area contributed by atoms with E-state index < -0.39 is 0 Å². The van der Waals surface area contributed by atoms with E-state index in [4.69, 9.17) is 4.74 Å². The molecule has 0 saturated carbocycles. The second-order valence-corrected chi connectivity index (χ2v) is 8.51. The Labute approximate surface area is 198 Å². The summed E-state index contributed by atoms with van der Waals surface area (Å²) in [5.74, 6) is -0.220. The van der Waals surface area contributed by atoms with Gasteiger partial charge in [-0.25, -0.2) is 4.39 Å². The lowest BCUT2D eigenvalue weighted by Crippen LogP contribution is -2.45. The first kappa shape index (κ1) is 23.4. The molecule has 4 rings (SSSR count). The highest BCUT2D eigenvalue weighted by molar-refractivity contribution is 5.94. The molecule has 0 spiro atoms. The van der Waals surface area contributed by atoms with Gasteiger partial charge in [0.2, 0.25) is 5.91 Å². The van der Waals surface area contributed by atoms with Gasteiger partial charge in [0.05, 0.1) is 17.7 Å². The third-order valence-corrected chi connectivity index (χ3v) is 6.00. The van der Waals surface area contributed by atoms with Crippen molar-refractivity contribution in [3.63, 3.8) is 0 Å². The number of ether oxygens (including phenoxy) is 1. The van der Waals surface area contributed by atoms with Crippen molar-refractivity contribution in [1.82, 2.24) is 15.2 Å². The molecule has 2 unspecified atom stereocenters. The standard InChI is InChI=1S/C27H28FN3O3/c1-19(21-6-4-9-25(16-21)34-18-24-8-2-3-14-29-24)30-26(32)22-7-5-15-31(17-22)27(33)20-10-12-23(28)13-11-20/h2-4,6,8-14,16,19,22H,5,7,15,17-18H2,1H3,(H,30,32). The maximum absolute atomic E-state index is 13.2. The number of carbonyl (C=O) groups is 2.